The molecule has 2 aliphatic heterocycles. The van der Waals surface area contributed by atoms with Gasteiger partial charge in [0.25, 0.3) is 5.56 Å². The van der Waals surface area contributed by atoms with E-state index in [9.17, 15) is 4.79 Å². The van der Waals surface area contributed by atoms with Crippen molar-refractivity contribution in [2.75, 3.05) is 52.5 Å². The van der Waals surface area contributed by atoms with E-state index in [1.807, 2.05) is 6.92 Å². The summed E-state index contributed by atoms with van der Waals surface area (Å²) in [6.07, 6.45) is 2.17. The molecule has 1 aromatic rings. The molecule has 0 atom stereocenters. The monoisotopic (exact) mass is 348 g/mol. The van der Waals surface area contributed by atoms with Gasteiger partial charge in [-0.2, -0.15) is 0 Å². The van der Waals surface area contributed by atoms with Crippen LogP contribution in [0.3, 0.4) is 0 Å². The van der Waals surface area contributed by atoms with Crippen molar-refractivity contribution >= 4 is 0 Å². The van der Waals surface area contributed by atoms with E-state index in [1.165, 1.54) is 0 Å². The van der Waals surface area contributed by atoms with Gasteiger partial charge in [0.1, 0.15) is 5.82 Å². The standard InChI is InChI=1S/C19H32N4O2/c1-15-20-17(12-18(24)21-15)16-4-6-22(7-5-16)13-19(2,3)14-23-8-10-25-11-9-23/h12,16H,4-11,13-14H2,1-3H3,(H,20,21,24). The van der Waals surface area contributed by atoms with Crippen LogP contribution in [0.2, 0.25) is 0 Å². The van der Waals surface area contributed by atoms with Crippen LogP contribution < -0.4 is 5.56 Å². The van der Waals surface area contributed by atoms with Gasteiger partial charge in [-0.1, -0.05) is 13.8 Å². The number of morpholine rings is 1. The van der Waals surface area contributed by atoms with Gasteiger partial charge >= 0.3 is 0 Å². The average molecular weight is 348 g/mol. The zero-order valence-corrected chi connectivity index (χ0v) is 15.9. The molecule has 0 saturated carbocycles. The molecular formula is C19H32N4O2. The van der Waals surface area contributed by atoms with Gasteiger partial charge < -0.3 is 14.6 Å². The van der Waals surface area contributed by atoms with Gasteiger partial charge in [0.15, 0.2) is 0 Å². The first kappa shape index (κ1) is 18.5. The van der Waals surface area contributed by atoms with Crippen LogP contribution in [0.4, 0.5) is 0 Å². The van der Waals surface area contributed by atoms with E-state index in [0.717, 1.165) is 76.8 Å². The summed E-state index contributed by atoms with van der Waals surface area (Å²) in [4.78, 5) is 24.1. The maximum absolute atomic E-state index is 11.7. The molecule has 2 saturated heterocycles. The summed E-state index contributed by atoms with van der Waals surface area (Å²) < 4.78 is 5.45. The van der Waals surface area contributed by atoms with Gasteiger partial charge in [-0.05, 0) is 38.3 Å². The van der Waals surface area contributed by atoms with E-state index in [2.05, 4.69) is 33.6 Å². The van der Waals surface area contributed by atoms with Crippen LogP contribution in [0, 0.1) is 12.3 Å². The van der Waals surface area contributed by atoms with Crippen molar-refractivity contribution < 1.29 is 4.74 Å². The normalized spacial score (nSPS) is 21.6. The third kappa shape index (κ3) is 5.36. The summed E-state index contributed by atoms with van der Waals surface area (Å²) in [5.41, 5.74) is 1.22. The Labute approximate surface area is 150 Å². The van der Waals surface area contributed by atoms with Gasteiger partial charge in [0.05, 0.1) is 18.9 Å². The minimum absolute atomic E-state index is 0.0309. The van der Waals surface area contributed by atoms with Gasteiger partial charge in [-0.25, -0.2) is 4.98 Å². The molecule has 0 amide bonds. The fraction of sp³-hybridized carbons (Fsp3) is 0.789. The summed E-state index contributed by atoms with van der Waals surface area (Å²) in [6.45, 7) is 14.9. The lowest BCUT2D eigenvalue weighted by atomic mass is 9.88. The highest BCUT2D eigenvalue weighted by molar-refractivity contribution is 5.09. The van der Waals surface area contributed by atoms with Crippen LogP contribution in [0.5, 0.6) is 0 Å². The SMILES string of the molecule is Cc1nc(C2CCN(CC(C)(C)CN3CCOCC3)CC2)cc(=O)[nH]1. The summed E-state index contributed by atoms with van der Waals surface area (Å²) >= 11 is 0. The molecule has 0 unspecified atom stereocenters. The maximum atomic E-state index is 11.7. The van der Waals surface area contributed by atoms with Crippen molar-refractivity contribution in [3.05, 3.63) is 27.9 Å². The number of nitrogens with one attached hydrogen (secondary N) is 1. The predicted molar refractivity (Wildman–Crippen MR) is 99.0 cm³/mol. The fourth-order valence-electron chi connectivity index (χ4n) is 4.22. The number of aryl methyl sites for hydroxylation is 1. The van der Waals surface area contributed by atoms with Gasteiger partial charge in [0.2, 0.25) is 0 Å². The molecular weight excluding hydrogens is 316 g/mol. The van der Waals surface area contributed by atoms with Gasteiger partial charge in [0, 0.05) is 38.2 Å². The Morgan fingerprint density at radius 1 is 1.16 bits per heavy atom. The Morgan fingerprint density at radius 3 is 2.36 bits per heavy atom. The minimum atomic E-state index is -0.0309. The quantitative estimate of drug-likeness (QED) is 0.876. The molecule has 0 aliphatic carbocycles. The van der Waals surface area contributed by atoms with E-state index in [0.29, 0.717) is 5.92 Å². The third-order valence-electron chi connectivity index (χ3n) is 5.29. The Balaban J connectivity index is 1.50. The van der Waals surface area contributed by atoms with E-state index in [-0.39, 0.29) is 11.0 Å². The van der Waals surface area contributed by atoms with E-state index < -0.39 is 0 Å². The fourth-order valence-corrected chi connectivity index (χ4v) is 4.22. The van der Waals surface area contributed by atoms with Crippen molar-refractivity contribution in [1.29, 1.82) is 0 Å². The highest BCUT2D eigenvalue weighted by atomic mass is 16.5. The summed E-state index contributed by atoms with van der Waals surface area (Å²) in [5.74, 6) is 1.14. The van der Waals surface area contributed by atoms with E-state index >= 15 is 0 Å². The Morgan fingerprint density at radius 2 is 1.76 bits per heavy atom. The van der Waals surface area contributed by atoms with Crippen molar-refractivity contribution in [3.8, 4) is 0 Å². The number of H-pyrrole nitrogens is 1. The second-order valence-electron chi connectivity index (χ2n) is 8.36. The second kappa shape index (κ2) is 7.98. The number of hydrogen-bond acceptors (Lipinski definition) is 5. The molecule has 6 nitrogen and oxygen atoms in total. The maximum Gasteiger partial charge on any atom is 0.251 e. The Bertz CT molecular complexity index is 614. The van der Waals surface area contributed by atoms with Crippen molar-refractivity contribution in [3.63, 3.8) is 0 Å². The topological polar surface area (TPSA) is 61.5 Å². The minimum Gasteiger partial charge on any atom is -0.379 e. The Hall–Kier alpha value is -1.24. The van der Waals surface area contributed by atoms with Crippen molar-refractivity contribution in [1.82, 2.24) is 19.8 Å². The smallest absolute Gasteiger partial charge is 0.251 e. The lowest BCUT2D eigenvalue weighted by Gasteiger charge is -2.40. The molecule has 0 aromatic carbocycles. The molecule has 0 bridgehead atoms. The highest BCUT2D eigenvalue weighted by Gasteiger charge is 2.29. The first-order chi connectivity index (χ1) is 11.9. The number of nitrogens with zero attached hydrogens (tertiary/aromatic N) is 3. The third-order valence-corrected chi connectivity index (χ3v) is 5.29. The number of hydrogen-bond donors (Lipinski definition) is 1. The van der Waals surface area contributed by atoms with Crippen LogP contribution in [0.1, 0.15) is 44.1 Å². The van der Waals surface area contributed by atoms with Crippen molar-refractivity contribution in [2.24, 2.45) is 5.41 Å². The van der Waals surface area contributed by atoms with Crippen LogP contribution in [0.15, 0.2) is 10.9 Å². The van der Waals surface area contributed by atoms with Crippen molar-refractivity contribution in [2.45, 2.75) is 39.5 Å². The van der Waals surface area contributed by atoms with E-state index in [4.69, 9.17) is 4.74 Å². The number of rotatable bonds is 5. The summed E-state index contributed by atoms with van der Waals surface area (Å²) in [5, 5.41) is 0. The molecule has 0 radical (unpaired) electrons. The van der Waals surface area contributed by atoms with Crippen LogP contribution in [0.25, 0.3) is 0 Å². The second-order valence-corrected chi connectivity index (χ2v) is 8.36. The first-order valence-electron chi connectivity index (χ1n) is 9.52. The van der Waals surface area contributed by atoms with Gasteiger partial charge in [-0.3, -0.25) is 9.69 Å². The molecule has 140 valence electrons. The Kier molecular flexibility index (Phi) is 5.92. The molecule has 2 aliphatic rings. The number of ether oxygens (including phenoxy) is 1. The zero-order chi connectivity index (χ0) is 17.9. The average Bonchev–Trinajstić information content (AvgIpc) is 2.54. The molecule has 2 fully saturated rings. The molecule has 0 spiro atoms. The van der Waals surface area contributed by atoms with E-state index in [1.54, 1.807) is 6.07 Å². The molecule has 6 heteroatoms. The number of aromatic nitrogens is 2. The predicted octanol–water partition coefficient (Wildman–Crippen LogP) is 1.62. The summed E-state index contributed by atoms with van der Waals surface area (Å²) in [7, 11) is 0. The molecule has 25 heavy (non-hydrogen) atoms. The zero-order valence-electron chi connectivity index (χ0n) is 15.9. The van der Waals surface area contributed by atoms with Crippen LogP contribution in [-0.4, -0.2) is 72.3 Å². The summed E-state index contributed by atoms with van der Waals surface area (Å²) in [6, 6.07) is 1.68. The first-order valence-corrected chi connectivity index (χ1v) is 9.52. The molecule has 3 rings (SSSR count). The highest BCUT2D eigenvalue weighted by Crippen LogP contribution is 2.28. The molecule has 1 N–H and O–H groups in total. The van der Waals surface area contributed by atoms with Crippen LogP contribution in [-0.2, 0) is 4.74 Å². The number of aromatic amines is 1. The lowest BCUT2D eigenvalue weighted by molar-refractivity contribution is 0.0134. The number of piperidine rings is 1. The molecule has 1 aromatic heterocycles. The van der Waals surface area contributed by atoms with Gasteiger partial charge in [-0.15, -0.1) is 0 Å². The molecule has 3 heterocycles. The van der Waals surface area contributed by atoms with Crippen LogP contribution >= 0.6 is 0 Å². The number of likely N-dealkylation sites (tertiary alicyclic amines) is 1. The lowest BCUT2D eigenvalue weighted by Crippen LogP contribution is -2.47. The largest absolute Gasteiger partial charge is 0.379 e.